The fourth-order valence-electron chi connectivity index (χ4n) is 2.07. The first-order valence-corrected chi connectivity index (χ1v) is 7.05. The molecule has 0 fully saturated rings. The summed E-state index contributed by atoms with van der Waals surface area (Å²) < 4.78 is 0. The number of aromatic amines is 1. The Kier molecular flexibility index (Phi) is 4.33. The van der Waals surface area contributed by atoms with E-state index in [2.05, 4.69) is 30.4 Å². The number of pyridine rings is 1. The summed E-state index contributed by atoms with van der Waals surface area (Å²) in [4.78, 5) is 30.8. The number of benzene rings is 1. The second kappa shape index (κ2) is 6.74. The molecule has 126 valence electrons. The highest BCUT2D eigenvalue weighted by Gasteiger charge is 2.15. The zero-order valence-corrected chi connectivity index (χ0v) is 12.9. The fraction of sp³-hybridized carbons (Fsp3) is 0.0667. The summed E-state index contributed by atoms with van der Waals surface area (Å²) in [6.45, 7) is 1.13. The molecule has 0 saturated carbocycles. The minimum absolute atomic E-state index is 0.265. The highest BCUT2D eigenvalue weighted by Crippen LogP contribution is 2.27. The number of rotatable bonds is 3. The number of aromatic hydroxyl groups is 1. The molecule has 10 heteroatoms. The number of amides is 1. The van der Waals surface area contributed by atoms with Crippen molar-refractivity contribution in [3.05, 3.63) is 42.2 Å². The molecule has 10 nitrogen and oxygen atoms in total. The number of H-pyrrole nitrogens is 1. The second-order valence-electron chi connectivity index (χ2n) is 4.93. The van der Waals surface area contributed by atoms with E-state index < -0.39 is 11.9 Å². The monoisotopic (exact) mass is 340 g/mol. The van der Waals surface area contributed by atoms with Crippen molar-refractivity contribution in [2.75, 3.05) is 0 Å². The van der Waals surface area contributed by atoms with Gasteiger partial charge in [0.1, 0.15) is 5.75 Å². The Morgan fingerprint density at radius 1 is 1.20 bits per heavy atom. The lowest BCUT2D eigenvalue weighted by molar-refractivity contribution is -0.146. The lowest BCUT2D eigenvalue weighted by Gasteiger charge is -2.07. The van der Waals surface area contributed by atoms with Gasteiger partial charge < -0.3 is 9.94 Å². The van der Waals surface area contributed by atoms with Gasteiger partial charge in [-0.15, -0.1) is 10.2 Å². The minimum atomic E-state index is -0.834. The summed E-state index contributed by atoms with van der Waals surface area (Å²) >= 11 is 0. The third-order valence-electron chi connectivity index (χ3n) is 3.17. The number of hydrogen-bond acceptors (Lipinski definition) is 8. The molecule has 3 rings (SSSR count). The van der Waals surface area contributed by atoms with Crippen LogP contribution in [0.2, 0.25) is 0 Å². The largest absolute Gasteiger partial charge is 0.505 e. The van der Waals surface area contributed by atoms with E-state index in [1.54, 1.807) is 18.2 Å². The predicted octanol–water partition coefficient (Wildman–Crippen LogP) is 0.842. The first-order valence-electron chi connectivity index (χ1n) is 7.05. The fourth-order valence-corrected chi connectivity index (χ4v) is 2.07. The number of nitrogens with one attached hydrogen (secondary N) is 2. The zero-order chi connectivity index (χ0) is 17.8. The van der Waals surface area contributed by atoms with Gasteiger partial charge in [-0.1, -0.05) is 18.2 Å². The molecule has 0 aliphatic rings. The molecular weight excluding hydrogens is 328 g/mol. The highest BCUT2D eigenvalue weighted by atomic mass is 16.7. The Bertz CT molecular complexity index is 926. The van der Waals surface area contributed by atoms with Gasteiger partial charge in [-0.3, -0.25) is 9.59 Å². The Morgan fingerprint density at radius 3 is 2.68 bits per heavy atom. The van der Waals surface area contributed by atoms with Crippen molar-refractivity contribution in [3.63, 3.8) is 0 Å². The zero-order valence-electron chi connectivity index (χ0n) is 12.9. The van der Waals surface area contributed by atoms with Crippen molar-refractivity contribution in [1.82, 2.24) is 31.1 Å². The molecule has 1 amide bonds. The summed E-state index contributed by atoms with van der Waals surface area (Å²) in [5.41, 5.74) is 3.66. The predicted molar refractivity (Wildman–Crippen MR) is 83.7 cm³/mol. The van der Waals surface area contributed by atoms with Crippen LogP contribution < -0.4 is 5.48 Å². The van der Waals surface area contributed by atoms with E-state index in [0.29, 0.717) is 11.4 Å². The number of hydrogen-bond donors (Lipinski definition) is 3. The van der Waals surface area contributed by atoms with Crippen LogP contribution in [-0.2, 0) is 9.63 Å². The number of carbonyl (C=O) groups excluding carboxylic acids is 2. The van der Waals surface area contributed by atoms with Gasteiger partial charge in [-0.05, 0) is 22.9 Å². The maximum absolute atomic E-state index is 11.8. The molecular formula is C15H12N6O4. The third kappa shape index (κ3) is 3.58. The number of nitrogens with zero attached hydrogens (tertiary/aromatic N) is 4. The van der Waals surface area contributed by atoms with Crippen LogP contribution >= 0.6 is 0 Å². The van der Waals surface area contributed by atoms with E-state index in [1.165, 1.54) is 12.3 Å². The van der Waals surface area contributed by atoms with E-state index in [0.717, 1.165) is 18.1 Å². The Morgan fingerprint density at radius 2 is 2.00 bits per heavy atom. The van der Waals surface area contributed by atoms with Gasteiger partial charge in [0.2, 0.25) is 5.82 Å². The SMILES string of the molecule is CC(=O)ONC(=O)c1ncc(-c2cccc(-c3nn[nH]n3)c2)cc1O. The van der Waals surface area contributed by atoms with Crippen molar-refractivity contribution in [2.24, 2.45) is 0 Å². The van der Waals surface area contributed by atoms with Crippen molar-refractivity contribution in [2.45, 2.75) is 6.92 Å². The first-order chi connectivity index (χ1) is 12.0. The molecule has 0 atom stereocenters. The Balaban J connectivity index is 1.87. The van der Waals surface area contributed by atoms with E-state index in [1.807, 2.05) is 11.5 Å². The quantitative estimate of drug-likeness (QED) is 0.595. The van der Waals surface area contributed by atoms with Crippen LogP contribution in [0.3, 0.4) is 0 Å². The molecule has 3 N–H and O–H groups in total. The average molecular weight is 340 g/mol. The topological polar surface area (TPSA) is 143 Å². The molecule has 25 heavy (non-hydrogen) atoms. The molecule has 0 bridgehead atoms. The van der Waals surface area contributed by atoms with E-state index in [9.17, 15) is 14.7 Å². The summed E-state index contributed by atoms with van der Waals surface area (Å²) in [5.74, 6) is -1.45. The lowest BCUT2D eigenvalue weighted by Crippen LogP contribution is -2.26. The van der Waals surface area contributed by atoms with E-state index >= 15 is 0 Å². The van der Waals surface area contributed by atoms with Crippen LogP contribution in [0.1, 0.15) is 17.4 Å². The van der Waals surface area contributed by atoms with Crippen LogP contribution in [0.5, 0.6) is 5.75 Å². The van der Waals surface area contributed by atoms with Crippen molar-refractivity contribution in [1.29, 1.82) is 0 Å². The molecule has 2 heterocycles. The van der Waals surface area contributed by atoms with Gasteiger partial charge in [0.25, 0.3) is 0 Å². The summed E-state index contributed by atoms with van der Waals surface area (Å²) in [5, 5.41) is 23.7. The molecule has 2 aromatic heterocycles. The molecule has 0 radical (unpaired) electrons. The van der Waals surface area contributed by atoms with Crippen molar-refractivity contribution in [3.8, 4) is 28.3 Å². The molecule has 3 aromatic rings. The lowest BCUT2D eigenvalue weighted by atomic mass is 10.0. The number of carbonyl (C=O) groups is 2. The Hall–Kier alpha value is -3.82. The maximum atomic E-state index is 11.8. The smallest absolute Gasteiger partial charge is 0.329 e. The van der Waals surface area contributed by atoms with Crippen LogP contribution in [0.25, 0.3) is 22.5 Å². The molecule has 0 aliphatic heterocycles. The van der Waals surface area contributed by atoms with Crippen molar-refractivity contribution < 1.29 is 19.5 Å². The minimum Gasteiger partial charge on any atom is -0.505 e. The van der Waals surface area contributed by atoms with Gasteiger partial charge in [-0.2, -0.15) is 10.7 Å². The van der Waals surface area contributed by atoms with Crippen LogP contribution in [0.15, 0.2) is 36.5 Å². The van der Waals surface area contributed by atoms with Gasteiger partial charge in [-0.25, -0.2) is 4.98 Å². The Labute approximate surface area is 140 Å². The molecule has 0 aliphatic carbocycles. The summed E-state index contributed by atoms with van der Waals surface area (Å²) in [6, 6.07) is 8.57. The normalized spacial score (nSPS) is 10.3. The average Bonchev–Trinajstić information content (AvgIpc) is 3.14. The highest BCUT2D eigenvalue weighted by molar-refractivity contribution is 5.95. The number of hydroxylamine groups is 1. The van der Waals surface area contributed by atoms with E-state index in [-0.39, 0.29) is 11.4 Å². The van der Waals surface area contributed by atoms with E-state index in [4.69, 9.17) is 0 Å². The second-order valence-corrected chi connectivity index (χ2v) is 4.93. The molecule has 0 saturated heterocycles. The van der Waals surface area contributed by atoms with Crippen LogP contribution in [0, 0.1) is 0 Å². The van der Waals surface area contributed by atoms with Gasteiger partial charge in [0.15, 0.2) is 5.69 Å². The van der Waals surface area contributed by atoms with Crippen LogP contribution in [-0.4, -0.2) is 42.6 Å². The third-order valence-corrected chi connectivity index (χ3v) is 3.17. The van der Waals surface area contributed by atoms with Gasteiger partial charge in [0, 0.05) is 24.2 Å². The number of tetrazole rings is 1. The number of aromatic nitrogens is 5. The first kappa shape index (κ1) is 16.1. The molecule has 0 spiro atoms. The molecule has 1 aromatic carbocycles. The van der Waals surface area contributed by atoms with Gasteiger partial charge >= 0.3 is 11.9 Å². The standard InChI is InChI=1S/C15H12N6O4/c1-8(22)25-19-15(24)13-12(23)6-11(7-16-13)9-3-2-4-10(5-9)14-17-20-21-18-14/h2-7,23H,1H3,(H,19,24)(H,17,18,20,21). The maximum Gasteiger partial charge on any atom is 0.329 e. The van der Waals surface area contributed by atoms with Crippen LogP contribution in [0.4, 0.5) is 0 Å². The van der Waals surface area contributed by atoms with Gasteiger partial charge in [0.05, 0.1) is 0 Å². The van der Waals surface area contributed by atoms with Crippen molar-refractivity contribution >= 4 is 11.9 Å². The molecule has 0 unspecified atom stereocenters. The summed E-state index contributed by atoms with van der Waals surface area (Å²) in [7, 11) is 0. The summed E-state index contributed by atoms with van der Waals surface area (Å²) in [6.07, 6.45) is 1.41.